The number of aromatic nitrogens is 3. The monoisotopic (exact) mass is 339 g/mol. The smallest absolute Gasteiger partial charge is 0.227 e. The fourth-order valence-electron chi connectivity index (χ4n) is 3.98. The Balaban J connectivity index is 1.48. The molecule has 2 saturated heterocycles. The summed E-state index contributed by atoms with van der Waals surface area (Å²) in [5, 5.41) is 0. The molecule has 1 atom stereocenters. The minimum Gasteiger partial charge on any atom is -0.369 e. The van der Waals surface area contributed by atoms with E-state index in [0.29, 0.717) is 11.6 Å². The third kappa shape index (κ3) is 3.57. The first-order chi connectivity index (χ1) is 12.3. The summed E-state index contributed by atoms with van der Waals surface area (Å²) in [5.74, 6) is 0.449. The van der Waals surface area contributed by atoms with E-state index in [4.69, 9.17) is 0 Å². The molecule has 4 rings (SSSR count). The van der Waals surface area contributed by atoms with E-state index in [9.17, 15) is 4.79 Å². The fourth-order valence-corrected chi connectivity index (χ4v) is 3.98. The van der Waals surface area contributed by atoms with Crippen molar-refractivity contribution in [3.8, 4) is 0 Å². The van der Waals surface area contributed by atoms with E-state index >= 15 is 0 Å². The molecule has 4 heterocycles. The average Bonchev–Trinajstić information content (AvgIpc) is 2.96. The van der Waals surface area contributed by atoms with E-state index in [1.165, 1.54) is 12.8 Å². The van der Waals surface area contributed by atoms with Gasteiger partial charge in [-0.2, -0.15) is 0 Å². The normalized spacial score (nSPS) is 22.0. The molecule has 0 bridgehead atoms. The van der Waals surface area contributed by atoms with Crippen LogP contribution in [-0.4, -0.2) is 51.9 Å². The maximum absolute atomic E-state index is 13.0. The van der Waals surface area contributed by atoms with Gasteiger partial charge in [-0.15, -0.1) is 0 Å². The molecular weight excluding hydrogens is 314 g/mol. The summed E-state index contributed by atoms with van der Waals surface area (Å²) >= 11 is 0. The van der Waals surface area contributed by atoms with Crippen LogP contribution < -0.4 is 4.90 Å². The molecule has 6 nitrogen and oxygen atoms in total. The highest BCUT2D eigenvalue weighted by atomic mass is 16.2. The van der Waals surface area contributed by atoms with Crippen LogP contribution in [-0.2, 0) is 4.79 Å². The van der Waals surface area contributed by atoms with E-state index in [1.54, 1.807) is 12.4 Å². The van der Waals surface area contributed by atoms with Gasteiger partial charge in [0.2, 0.25) is 5.91 Å². The first-order valence-corrected chi connectivity index (χ1v) is 9.42. The maximum atomic E-state index is 13.0. The zero-order chi connectivity index (χ0) is 17.1. The number of piperidine rings is 1. The summed E-state index contributed by atoms with van der Waals surface area (Å²) in [6.45, 7) is 3.62. The molecule has 0 spiro atoms. The van der Waals surface area contributed by atoms with E-state index in [-0.39, 0.29) is 5.92 Å². The Bertz CT molecular complexity index is 741. The largest absolute Gasteiger partial charge is 0.369 e. The summed E-state index contributed by atoms with van der Waals surface area (Å²) in [6.07, 6.45) is 12.0. The van der Waals surface area contributed by atoms with Gasteiger partial charge in [-0.1, -0.05) is 12.8 Å². The van der Waals surface area contributed by atoms with Gasteiger partial charge in [0, 0.05) is 38.6 Å². The molecule has 6 heteroatoms. The molecule has 0 radical (unpaired) electrons. The van der Waals surface area contributed by atoms with Crippen LogP contribution in [0.5, 0.6) is 0 Å². The summed E-state index contributed by atoms with van der Waals surface area (Å²) in [6, 6.07) is 2.04. The van der Waals surface area contributed by atoms with Crippen molar-refractivity contribution >= 4 is 22.8 Å². The Labute approximate surface area is 148 Å². The molecule has 0 saturated carbocycles. The lowest BCUT2D eigenvalue weighted by Crippen LogP contribution is -2.45. The summed E-state index contributed by atoms with van der Waals surface area (Å²) < 4.78 is 0. The van der Waals surface area contributed by atoms with Crippen LogP contribution in [0.1, 0.15) is 38.5 Å². The standard InChI is InChI=1S/C19H25N5O/c25-19(23-9-3-1-2-4-10-23)15-6-5-11-24(14-15)16-12-17-18(22-13-16)21-8-7-20-17/h7-8,12-13,15H,1-6,9-11,14H2/t15-/m1/s1. The van der Waals surface area contributed by atoms with Gasteiger partial charge in [-0.3, -0.25) is 9.78 Å². The van der Waals surface area contributed by atoms with Crippen molar-refractivity contribution in [1.29, 1.82) is 0 Å². The molecule has 2 fully saturated rings. The highest BCUT2D eigenvalue weighted by Gasteiger charge is 2.29. The summed E-state index contributed by atoms with van der Waals surface area (Å²) in [5.41, 5.74) is 2.52. The number of hydrogen-bond acceptors (Lipinski definition) is 5. The Kier molecular flexibility index (Phi) is 4.76. The molecule has 0 aromatic carbocycles. The lowest BCUT2D eigenvalue weighted by atomic mass is 9.96. The lowest BCUT2D eigenvalue weighted by molar-refractivity contribution is -0.135. The summed E-state index contributed by atoms with van der Waals surface area (Å²) in [4.78, 5) is 30.3. The van der Waals surface area contributed by atoms with Crippen molar-refractivity contribution in [3.63, 3.8) is 0 Å². The first-order valence-electron chi connectivity index (χ1n) is 9.42. The Hall–Kier alpha value is -2.24. The van der Waals surface area contributed by atoms with Crippen LogP contribution in [0.15, 0.2) is 24.7 Å². The zero-order valence-electron chi connectivity index (χ0n) is 14.6. The highest BCUT2D eigenvalue weighted by molar-refractivity contribution is 5.80. The number of hydrogen-bond donors (Lipinski definition) is 0. The van der Waals surface area contributed by atoms with Crippen molar-refractivity contribution in [2.75, 3.05) is 31.1 Å². The van der Waals surface area contributed by atoms with Crippen LogP contribution in [0.25, 0.3) is 11.2 Å². The highest BCUT2D eigenvalue weighted by Crippen LogP contribution is 2.26. The average molecular weight is 339 g/mol. The predicted octanol–water partition coefficient (Wildman–Crippen LogP) is 2.64. The van der Waals surface area contributed by atoms with Crippen molar-refractivity contribution in [2.24, 2.45) is 5.92 Å². The Morgan fingerprint density at radius 1 is 0.960 bits per heavy atom. The van der Waals surface area contributed by atoms with Gasteiger partial charge in [-0.05, 0) is 31.7 Å². The second kappa shape index (κ2) is 7.33. The molecule has 2 aromatic rings. The van der Waals surface area contributed by atoms with E-state index in [1.807, 2.05) is 12.3 Å². The fraction of sp³-hybridized carbons (Fsp3) is 0.579. The number of fused-ring (bicyclic) bond motifs is 1. The zero-order valence-corrected chi connectivity index (χ0v) is 14.6. The molecule has 0 unspecified atom stereocenters. The SMILES string of the molecule is O=C([C@@H]1CCCN(c2cnc3nccnc3c2)C1)N1CCCCCC1. The molecule has 2 aliphatic heterocycles. The molecular formula is C19H25N5O. The number of rotatable bonds is 2. The number of amides is 1. The third-order valence-corrected chi connectivity index (χ3v) is 5.36. The second-order valence-corrected chi connectivity index (χ2v) is 7.12. The van der Waals surface area contributed by atoms with Gasteiger partial charge in [0.1, 0.15) is 5.52 Å². The predicted molar refractivity (Wildman–Crippen MR) is 97.3 cm³/mol. The van der Waals surface area contributed by atoms with Crippen molar-refractivity contribution in [3.05, 3.63) is 24.7 Å². The van der Waals surface area contributed by atoms with Crippen LogP contribution >= 0.6 is 0 Å². The molecule has 25 heavy (non-hydrogen) atoms. The van der Waals surface area contributed by atoms with E-state index in [0.717, 1.165) is 63.1 Å². The topological polar surface area (TPSA) is 62.2 Å². The number of carbonyl (C=O) groups excluding carboxylic acids is 1. The van der Waals surface area contributed by atoms with Crippen LogP contribution in [0, 0.1) is 5.92 Å². The minimum atomic E-state index is 0.101. The van der Waals surface area contributed by atoms with Crippen molar-refractivity contribution < 1.29 is 4.79 Å². The number of nitrogens with zero attached hydrogens (tertiary/aromatic N) is 5. The lowest BCUT2D eigenvalue weighted by Gasteiger charge is -2.36. The number of likely N-dealkylation sites (tertiary alicyclic amines) is 1. The van der Waals surface area contributed by atoms with E-state index < -0.39 is 0 Å². The third-order valence-electron chi connectivity index (χ3n) is 5.36. The second-order valence-electron chi connectivity index (χ2n) is 7.12. The molecule has 2 aliphatic rings. The molecule has 0 N–H and O–H groups in total. The minimum absolute atomic E-state index is 0.101. The molecule has 0 aliphatic carbocycles. The Morgan fingerprint density at radius 2 is 1.76 bits per heavy atom. The van der Waals surface area contributed by atoms with Crippen LogP contribution in [0.4, 0.5) is 5.69 Å². The number of anilines is 1. The van der Waals surface area contributed by atoms with Gasteiger partial charge < -0.3 is 9.80 Å². The Morgan fingerprint density at radius 3 is 2.60 bits per heavy atom. The van der Waals surface area contributed by atoms with Gasteiger partial charge in [-0.25, -0.2) is 9.97 Å². The number of pyridine rings is 1. The van der Waals surface area contributed by atoms with E-state index in [2.05, 4.69) is 24.8 Å². The summed E-state index contributed by atoms with van der Waals surface area (Å²) in [7, 11) is 0. The van der Waals surface area contributed by atoms with Gasteiger partial charge in [0.25, 0.3) is 0 Å². The maximum Gasteiger partial charge on any atom is 0.227 e. The molecule has 132 valence electrons. The van der Waals surface area contributed by atoms with Crippen LogP contribution in [0.2, 0.25) is 0 Å². The number of carbonyl (C=O) groups is 1. The van der Waals surface area contributed by atoms with Crippen molar-refractivity contribution in [2.45, 2.75) is 38.5 Å². The van der Waals surface area contributed by atoms with Crippen LogP contribution in [0.3, 0.4) is 0 Å². The first kappa shape index (κ1) is 16.2. The van der Waals surface area contributed by atoms with Gasteiger partial charge in [0.05, 0.1) is 17.8 Å². The quantitative estimate of drug-likeness (QED) is 0.842. The molecule has 1 amide bonds. The van der Waals surface area contributed by atoms with Gasteiger partial charge in [0.15, 0.2) is 5.65 Å². The van der Waals surface area contributed by atoms with Crippen molar-refractivity contribution in [1.82, 2.24) is 19.9 Å². The molecule has 2 aromatic heterocycles. The van der Waals surface area contributed by atoms with Gasteiger partial charge >= 0.3 is 0 Å².